The van der Waals surface area contributed by atoms with Crippen LogP contribution in [0.4, 0.5) is 9.18 Å². The van der Waals surface area contributed by atoms with Crippen molar-refractivity contribution in [1.82, 2.24) is 20.8 Å². The van der Waals surface area contributed by atoms with E-state index in [2.05, 4.69) is 20.8 Å². The van der Waals surface area contributed by atoms with Gasteiger partial charge >= 0.3 is 6.03 Å². The van der Waals surface area contributed by atoms with E-state index in [4.69, 9.17) is 9.26 Å². The minimum Gasteiger partial charge on any atom is -0.496 e. The van der Waals surface area contributed by atoms with E-state index in [9.17, 15) is 9.18 Å². The SMILES string of the molecule is COc1ccc(F)cc1C(C)NC(=O)NC1(c2nc(C)no2)CC1. The van der Waals surface area contributed by atoms with Gasteiger partial charge in [0.15, 0.2) is 5.82 Å². The Morgan fingerprint density at radius 3 is 2.79 bits per heavy atom. The maximum absolute atomic E-state index is 13.5. The third-order valence-corrected chi connectivity index (χ3v) is 4.05. The molecule has 2 N–H and O–H groups in total. The molecular formula is C16H19FN4O3. The molecule has 7 nitrogen and oxygen atoms in total. The Morgan fingerprint density at radius 1 is 1.46 bits per heavy atom. The normalized spacial score (nSPS) is 16.3. The van der Waals surface area contributed by atoms with Gasteiger partial charge < -0.3 is 19.9 Å². The molecule has 128 valence electrons. The van der Waals surface area contributed by atoms with Crippen molar-refractivity contribution in [2.75, 3.05) is 7.11 Å². The summed E-state index contributed by atoms with van der Waals surface area (Å²) in [6.07, 6.45) is 1.47. The Hall–Kier alpha value is -2.64. The van der Waals surface area contributed by atoms with Crippen LogP contribution in [0.25, 0.3) is 0 Å². The number of ether oxygens (including phenoxy) is 1. The molecule has 1 aliphatic rings. The third kappa shape index (κ3) is 3.17. The first-order valence-corrected chi connectivity index (χ1v) is 7.66. The molecule has 8 heteroatoms. The van der Waals surface area contributed by atoms with Crippen LogP contribution in [0, 0.1) is 12.7 Å². The molecule has 1 saturated carbocycles. The van der Waals surface area contributed by atoms with Crippen LogP contribution in [0.15, 0.2) is 22.7 Å². The number of hydrogen-bond acceptors (Lipinski definition) is 5. The summed E-state index contributed by atoms with van der Waals surface area (Å²) in [6, 6.07) is 3.37. The van der Waals surface area contributed by atoms with Crippen molar-refractivity contribution in [3.8, 4) is 5.75 Å². The number of methoxy groups -OCH3 is 1. The van der Waals surface area contributed by atoms with E-state index in [-0.39, 0.29) is 11.8 Å². The summed E-state index contributed by atoms with van der Waals surface area (Å²) >= 11 is 0. The lowest BCUT2D eigenvalue weighted by atomic mass is 10.1. The number of nitrogens with zero attached hydrogens (tertiary/aromatic N) is 2. The van der Waals surface area contributed by atoms with Gasteiger partial charge in [-0.15, -0.1) is 0 Å². The van der Waals surface area contributed by atoms with Gasteiger partial charge in [0.2, 0.25) is 0 Å². The number of halogens is 1. The number of nitrogens with one attached hydrogen (secondary N) is 2. The van der Waals surface area contributed by atoms with Crippen LogP contribution >= 0.6 is 0 Å². The van der Waals surface area contributed by atoms with Crippen LogP contribution < -0.4 is 15.4 Å². The van der Waals surface area contributed by atoms with Crippen LogP contribution in [-0.2, 0) is 5.54 Å². The van der Waals surface area contributed by atoms with Gasteiger partial charge in [-0.2, -0.15) is 4.98 Å². The molecular weight excluding hydrogens is 315 g/mol. The smallest absolute Gasteiger partial charge is 0.316 e. The van der Waals surface area contributed by atoms with E-state index < -0.39 is 11.6 Å². The Balaban J connectivity index is 1.68. The summed E-state index contributed by atoms with van der Waals surface area (Å²) in [7, 11) is 1.50. The summed E-state index contributed by atoms with van der Waals surface area (Å²) in [6.45, 7) is 3.48. The number of aromatic nitrogens is 2. The fourth-order valence-corrected chi connectivity index (χ4v) is 2.58. The minimum atomic E-state index is -0.600. The van der Waals surface area contributed by atoms with Crippen LogP contribution in [0.5, 0.6) is 5.75 Å². The monoisotopic (exact) mass is 334 g/mol. The zero-order valence-corrected chi connectivity index (χ0v) is 13.7. The number of benzene rings is 1. The molecule has 0 spiro atoms. The number of amides is 2. The molecule has 2 amide bonds. The summed E-state index contributed by atoms with van der Waals surface area (Å²) in [4.78, 5) is 16.5. The third-order valence-electron chi connectivity index (χ3n) is 4.05. The number of rotatable bonds is 5. The minimum absolute atomic E-state index is 0.387. The van der Waals surface area contributed by atoms with Crippen molar-refractivity contribution >= 4 is 6.03 Å². The van der Waals surface area contributed by atoms with Crippen molar-refractivity contribution in [3.63, 3.8) is 0 Å². The van der Waals surface area contributed by atoms with Gasteiger partial charge in [0, 0.05) is 5.56 Å². The maximum atomic E-state index is 13.5. The van der Waals surface area contributed by atoms with E-state index in [1.807, 2.05) is 0 Å². The first kappa shape index (κ1) is 16.2. The Bertz CT molecular complexity index is 758. The lowest BCUT2D eigenvalue weighted by Gasteiger charge is -2.20. The topological polar surface area (TPSA) is 89.3 Å². The molecule has 2 aromatic rings. The van der Waals surface area contributed by atoms with E-state index in [0.29, 0.717) is 23.0 Å². The molecule has 1 atom stereocenters. The molecule has 24 heavy (non-hydrogen) atoms. The molecule has 1 aliphatic carbocycles. The zero-order chi connectivity index (χ0) is 17.3. The molecule has 1 fully saturated rings. The quantitative estimate of drug-likeness (QED) is 0.877. The first-order chi connectivity index (χ1) is 11.4. The largest absolute Gasteiger partial charge is 0.496 e. The van der Waals surface area contributed by atoms with Gasteiger partial charge in [-0.05, 0) is 44.9 Å². The number of aryl methyl sites for hydroxylation is 1. The second-order valence-electron chi connectivity index (χ2n) is 5.94. The van der Waals surface area contributed by atoms with Gasteiger partial charge in [-0.25, -0.2) is 9.18 Å². The molecule has 0 radical (unpaired) electrons. The number of hydrogen-bond donors (Lipinski definition) is 2. The van der Waals surface area contributed by atoms with E-state index in [1.54, 1.807) is 13.8 Å². The summed E-state index contributed by atoms with van der Waals surface area (Å²) in [5, 5.41) is 9.41. The van der Waals surface area contributed by atoms with Crippen molar-refractivity contribution in [2.24, 2.45) is 0 Å². The highest BCUT2D eigenvalue weighted by Crippen LogP contribution is 2.44. The molecule has 3 rings (SSSR count). The second kappa shape index (κ2) is 6.10. The Labute approximate surface area is 138 Å². The molecule has 1 aromatic carbocycles. The van der Waals surface area contributed by atoms with E-state index in [0.717, 1.165) is 12.8 Å². The van der Waals surface area contributed by atoms with Gasteiger partial charge in [-0.3, -0.25) is 0 Å². The highest BCUT2D eigenvalue weighted by molar-refractivity contribution is 5.76. The molecule has 0 saturated heterocycles. The molecule has 1 aromatic heterocycles. The summed E-state index contributed by atoms with van der Waals surface area (Å²) in [5.41, 5.74) is -0.0389. The highest BCUT2D eigenvalue weighted by Gasteiger charge is 2.51. The van der Waals surface area contributed by atoms with Crippen molar-refractivity contribution in [3.05, 3.63) is 41.3 Å². The van der Waals surface area contributed by atoms with Gasteiger partial charge in [0.25, 0.3) is 5.89 Å². The molecule has 1 heterocycles. The lowest BCUT2D eigenvalue weighted by Crippen LogP contribution is -2.43. The van der Waals surface area contributed by atoms with Crippen LogP contribution in [0.1, 0.15) is 43.1 Å². The van der Waals surface area contributed by atoms with Crippen molar-refractivity contribution < 1.29 is 18.4 Å². The zero-order valence-electron chi connectivity index (χ0n) is 13.7. The molecule has 0 aliphatic heterocycles. The standard InChI is InChI=1S/C16H19FN4O3/c1-9(12-8-11(17)4-5-13(12)23-3)18-15(22)20-16(6-7-16)14-19-10(2)21-24-14/h4-5,8-9H,6-7H2,1-3H3,(H2,18,20,22). The van der Waals surface area contributed by atoms with Gasteiger partial charge in [0.1, 0.15) is 17.1 Å². The summed E-state index contributed by atoms with van der Waals surface area (Å²) < 4.78 is 23.9. The second-order valence-corrected chi connectivity index (χ2v) is 5.94. The average Bonchev–Trinajstić information content (AvgIpc) is 3.18. The lowest BCUT2D eigenvalue weighted by molar-refractivity contribution is 0.227. The predicted octanol–water partition coefficient (Wildman–Crippen LogP) is 2.58. The molecule has 0 bridgehead atoms. The summed E-state index contributed by atoms with van der Waals surface area (Å²) in [5.74, 6) is 1.06. The first-order valence-electron chi connectivity index (χ1n) is 7.66. The number of urea groups is 1. The number of carbonyl (C=O) groups is 1. The fourth-order valence-electron chi connectivity index (χ4n) is 2.58. The highest BCUT2D eigenvalue weighted by atomic mass is 19.1. The van der Waals surface area contributed by atoms with Crippen LogP contribution in [0.2, 0.25) is 0 Å². The fraction of sp³-hybridized carbons (Fsp3) is 0.438. The predicted molar refractivity (Wildman–Crippen MR) is 83.0 cm³/mol. The van der Waals surface area contributed by atoms with Gasteiger partial charge in [0.05, 0.1) is 13.2 Å². The van der Waals surface area contributed by atoms with Crippen molar-refractivity contribution in [2.45, 2.75) is 38.3 Å². The van der Waals surface area contributed by atoms with E-state index >= 15 is 0 Å². The maximum Gasteiger partial charge on any atom is 0.316 e. The average molecular weight is 334 g/mol. The van der Waals surface area contributed by atoms with Gasteiger partial charge in [-0.1, -0.05) is 5.16 Å². The Kier molecular flexibility index (Phi) is 4.13. The molecule has 1 unspecified atom stereocenters. The van der Waals surface area contributed by atoms with E-state index in [1.165, 1.54) is 25.3 Å². The van der Waals surface area contributed by atoms with Crippen LogP contribution in [0.3, 0.4) is 0 Å². The Morgan fingerprint density at radius 2 is 2.21 bits per heavy atom. The number of carbonyl (C=O) groups excluding carboxylic acids is 1. The van der Waals surface area contributed by atoms with Crippen LogP contribution in [-0.4, -0.2) is 23.3 Å². The van der Waals surface area contributed by atoms with Crippen molar-refractivity contribution in [1.29, 1.82) is 0 Å².